The van der Waals surface area contributed by atoms with Gasteiger partial charge in [-0.15, -0.1) is 10.2 Å². The molecular formula is C22H30ClN5O2. The molecule has 30 heavy (non-hydrogen) atoms. The number of amidine groups is 2. The Hall–Kier alpha value is -2.12. The van der Waals surface area contributed by atoms with Gasteiger partial charge in [0.05, 0.1) is 11.8 Å². The van der Waals surface area contributed by atoms with Crippen LogP contribution < -0.4 is 5.73 Å². The van der Waals surface area contributed by atoms with Crippen LogP contribution in [-0.2, 0) is 11.2 Å². The number of hydrogen-bond acceptors (Lipinski definition) is 6. The number of hydrogen-bond donors (Lipinski definition) is 2. The maximum atomic E-state index is 12.0. The molecule has 3 aliphatic rings. The number of benzene rings is 1. The van der Waals surface area contributed by atoms with Crippen LogP contribution in [0.15, 0.2) is 34.5 Å². The largest absolute Gasteiger partial charge is 0.481 e. The van der Waals surface area contributed by atoms with E-state index in [0.29, 0.717) is 37.3 Å². The second kappa shape index (κ2) is 8.55. The number of halogens is 1. The minimum Gasteiger partial charge on any atom is -0.481 e. The zero-order valence-corrected chi connectivity index (χ0v) is 18.2. The third-order valence-corrected chi connectivity index (χ3v) is 7.11. The van der Waals surface area contributed by atoms with Gasteiger partial charge in [-0.05, 0) is 56.7 Å². The number of aliphatic carboxylic acids is 1. The number of rotatable bonds is 4. The minimum absolute atomic E-state index is 0.345. The van der Waals surface area contributed by atoms with Gasteiger partial charge in [0.2, 0.25) is 0 Å². The summed E-state index contributed by atoms with van der Waals surface area (Å²) in [6.45, 7) is 4.30. The number of likely N-dealkylation sites (tertiary alicyclic amines) is 2. The lowest BCUT2D eigenvalue weighted by Gasteiger charge is -2.49. The van der Waals surface area contributed by atoms with Crippen molar-refractivity contribution in [3.8, 4) is 0 Å². The molecule has 0 aliphatic carbocycles. The molecule has 2 unspecified atom stereocenters. The van der Waals surface area contributed by atoms with Crippen LogP contribution in [0.25, 0.3) is 0 Å². The van der Waals surface area contributed by atoms with E-state index in [1.54, 1.807) is 0 Å². The summed E-state index contributed by atoms with van der Waals surface area (Å²) in [4.78, 5) is 16.7. The third kappa shape index (κ3) is 4.47. The van der Waals surface area contributed by atoms with E-state index in [4.69, 9.17) is 17.3 Å². The Bertz CT molecular complexity index is 848. The lowest BCUT2D eigenvalue weighted by atomic mass is 9.77. The van der Waals surface area contributed by atoms with Crippen LogP contribution in [-0.4, -0.2) is 64.3 Å². The Balaban J connectivity index is 1.46. The molecule has 2 saturated heterocycles. The SMILES string of the molecule is CC1(C(=O)O)CCC(Cc2ccc(Cl)cc2)N(C2CCN(C3=NN=C(N)C3)CC2)C1. The van der Waals surface area contributed by atoms with Crippen molar-refractivity contribution < 1.29 is 9.90 Å². The molecule has 0 spiro atoms. The highest BCUT2D eigenvalue weighted by atomic mass is 35.5. The Morgan fingerprint density at radius 3 is 2.53 bits per heavy atom. The van der Waals surface area contributed by atoms with Crippen molar-refractivity contribution >= 4 is 29.2 Å². The molecule has 4 rings (SSSR count). The van der Waals surface area contributed by atoms with E-state index in [1.165, 1.54) is 5.56 Å². The first-order valence-electron chi connectivity index (χ1n) is 10.7. The van der Waals surface area contributed by atoms with Crippen molar-refractivity contribution in [3.63, 3.8) is 0 Å². The van der Waals surface area contributed by atoms with Crippen molar-refractivity contribution in [3.05, 3.63) is 34.9 Å². The molecule has 3 heterocycles. The molecule has 8 heteroatoms. The second-order valence-corrected chi connectivity index (χ2v) is 9.50. The van der Waals surface area contributed by atoms with Gasteiger partial charge in [0.25, 0.3) is 0 Å². The van der Waals surface area contributed by atoms with E-state index >= 15 is 0 Å². The number of nitrogens with zero attached hydrogens (tertiary/aromatic N) is 4. The normalized spacial score (nSPS) is 28.3. The molecular weight excluding hydrogens is 402 g/mol. The zero-order chi connectivity index (χ0) is 21.3. The van der Waals surface area contributed by atoms with Crippen molar-refractivity contribution in [1.82, 2.24) is 9.80 Å². The van der Waals surface area contributed by atoms with Gasteiger partial charge in [0, 0.05) is 36.7 Å². The Morgan fingerprint density at radius 1 is 1.23 bits per heavy atom. The van der Waals surface area contributed by atoms with Gasteiger partial charge in [0.1, 0.15) is 11.7 Å². The fourth-order valence-electron chi connectivity index (χ4n) is 4.96. The number of carboxylic acid groups (broad SMARTS) is 1. The van der Waals surface area contributed by atoms with Gasteiger partial charge in [-0.1, -0.05) is 23.7 Å². The summed E-state index contributed by atoms with van der Waals surface area (Å²) in [7, 11) is 0. The first-order valence-corrected chi connectivity index (χ1v) is 11.1. The summed E-state index contributed by atoms with van der Waals surface area (Å²) in [6.07, 6.45) is 5.14. The minimum atomic E-state index is -0.692. The van der Waals surface area contributed by atoms with Crippen LogP contribution in [0.4, 0.5) is 0 Å². The second-order valence-electron chi connectivity index (χ2n) is 9.06. The van der Waals surface area contributed by atoms with Gasteiger partial charge in [0.15, 0.2) is 0 Å². The zero-order valence-electron chi connectivity index (χ0n) is 17.4. The highest BCUT2D eigenvalue weighted by Crippen LogP contribution is 2.37. The van der Waals surface area contributed by atoms with E-state index < -0.39 is 11.4 Å². The van der Waals surface area contributed by atoms with Crippen molar-refractivity contribution in [2.75, 3.05) is 19.6 Å². The highest BCUT2D eigenvalue weighted by Gasteiger charge is 2.44. The van der Waals surface area contributed by atoms with Crippen molar-refractivity contribution in [2.45, 2.75) is 57.5 Å². The van der Waals surface area contributed by atoms with Crippen LogP contribution in [0.3, 0.4) is 0 Å². The highest BCUT2D eigenvalue weighted by molar-refractivity contribution is 6.30. The Kier molecular flexibility index (Phi) is 6.02. The number of piperidine rings is 2. The summed E-state index contributed by atoms with van der Waals surface area (Å²) in [6, 6.07) is 8.74. The fourth-order valence-corrected chi connectivity index (χ4v) is 5.09. The van der Waals surface area contributed by atoms with Gasteiger partial charge in [-0.25, -0.2) is 0 Å². The lowest BCUT2D eigenvalue weighted by Crippen LogP contribution is -2.57. The van der Waals surface area contributed by atoms with Crippen LogP contribution in [0.2, 0.25) is 5.02 Å². The van der Waals surface area contributed by atoms with Gasteiger partial charge in [-0.2, -0.15) is 0 Å². The molecule has 162 valence electrons. The molecule has 0 saturated carbocycles. The number of carboxylic acids is 1. The number of carbonyl (C=O) groups is 1. The molecule has 2 fully saturated rings. The molecule has 0 bridgehead atoms. The van der Waals surface area contributed by atoms with Gasteiger partial charge >= 0.3 is 5.97 Å². The Labute approximate surface area is 182 Å². The first-order chi connectivity index (χ1) is 14.3. The average molecular weight is 432 g/mol. The van der Waals surface area contributed by atoms with E-state index in [0.717, 1.165) is 49.6 Å². The molecule has 0 amide bonds. The monoisotopic (exact) mass is 431 g/mol. The van der Waals surface area contributed by atoms with E-state index in [2.05, 4.69) is 32.1 Å². The molecule has 7 nitrogen and oxygen atoms in total. The van der Waals surface area contributed by atoms with Gasteiger partial charge in [-0.3, -0.25) is 9.69 Å². The molecule has 1 aromatic carbocycles. The molecule has 2 atom stereocenters. The quantitative estimate of drug-likeness (QED) is 0.764. The molecule has 3 aliphatic heterocycles. The smallest absolute Gasteiger partial charge is 0.310 e. The first kappa shape index (κ1) is 21.1. The van der Waals surface area contributed by atoms with Crippen LogP contribution in [0.1, 0.15) is 44.6 Å². The summed E-state index contributed by atoms with van der Waals surface area (Å²) < 4.78 is 0. The third-order valence-electron chi connectivity index (χ3n) is 6.86. The summed E-state index contributed by atoms with van der Waals surface area (Å²) in [5, 5.41) is 18.7. The molecule has 1 aromatic rings. The Morgan fingerprint density at radius 2 is 1.93 bits per heavy atom. The standard InChI is InChI=1S/C22H30ClN5O2/c1-22(21(29)30)9-6-18(12-15-2-4-16(23)5-3-15)28(14-22)17-7-10-27(11-8-17)20-13-19(24)25-26-20/h2-5,17-18H,6-14H2,1H3,(H2,24,25)(H,29,30). The topological polar surface area (TPSA) is 94.5 Å². The van der Waals surface area contributed by atoms with E-state index in [-0.39, 0.29) is 0 Å². The maximum Gasteiger partial charge on any atom is 0.310 e. The molecule has 3 N–H and O–H groups in total. The van der Waals surface area contributed by atoms with Crippen LogP contribution in [0.5, 0.6) is 0 Å². The number of nitrogens with two attached hydrogens (primary N) is 1. The van der Waals surface area contributed by atoms with Gasteiger partial charge < -0.3 is 15.7 Å². The predicted molar refractivity (Wildman–Crippen MR) is 119 cm³/mol. The van der Waals surface area contributed by atoms with E-state index in [1.807, 2.05) is 19.1 Å². The summed E-state index contributed by atoms with van der Waals surface area (Å²) in [5.41, 5.74) is 6.33. The lowest BCUT2D eigenvalue weighted by molar-refractivity contribution is -0.153. The summed E-state index contributed by atoms with van der Waals surface area (Å²) >= 11 is 6.05. The van der Waals surface area contributed by atoms with E-state index in [9.17, 15) is 9.90 Å². The average Bonchev–Trinajstić information content (AvgIpc) is 3.17. The van der Waals surface area contributed by atoms with Crippen LogP contribution in [0, 0.1) is 5.41 Å². The maximum absolute atomic E-state index is 12.0. The summed E-state index contributed by atoms with van der Waals surface area (Å²) in [5.74, 6) is 0.837. The fraction of sp³-hybridized carbons (Fsp3) is 0.591. The van der Waals surface area contributed by atoms with Crippen molar-refractivity contribution in [1.29, 1.82) is 0 Å². The van der Waals surface area contributed by atoms with Crippen LogP contribution >= 0.6 is 11.6 Å². The predicted octanol–water partition coefficient (Wildman–Crippen LogP) is 2.98. The molecule has 0 aromatic heterocycles. The molecule has 0 radical (unpaired) electrons. The van der Waals surface area contributed by atoms with Crippen molar-refractivity contribution in [2.24, 2.45) is 21.4 Å².